The van der Waals surface area contributed by atoms with Crippen molar-refractivity contribution in [3.8, 4) is 0 Å². The predicted molar refractivity (Wildman–Crippen MR) is 77.0 cm³/mol. The summed E-state index contributed by atoms with van der Waals surface area (Å²) in [6.07, 6.45) is 3.79. The Morgan fingerprint density at radius 1 is 1.30 bits per heavy atom. The van der Waals surface area contributed by atoms with Crippen LogP contribution in [-0.4, -0.2) is 23.2 Å². The lowest BCUT2D eigenvalue weighted by Gasteiger charge is -2.28. The van der Waals surface area contributed by atoms with Gasteiger partial charge in [0, 0.05) is 18.4 Å². The highest BCUT2D eigenvalue weighted by atomic mass is 16.3. The molecule has 0 heterocycles. The molecule has 0 radical (unpaired) electrons. The summed E-state index contributed by atoms with van der Waals surface area (Å²) in [5.74, 6) is 0.0413. The standard InChI is InChI=1S/C16H22N2O2/c17-12-6-3-5-11(8-12)16(20)18-15-13-7-2-1-4-10(13)9-14(15)19/h1-2,4,7,11-12,14-15,19H,3,5-6,8-9,17H2,(H,18,20)/t11?,12?,14-,15+/m0/s1. The smallest absolute Gasteiger partial charge is 0.223 e. The van der Waals surface area contributed by atoms with Crippen molar-refractivity contribution in [3.05, 3.63) is 35.4 Å². The third kappa shape index (κ3) is 2.58. The van der Waals surface area contributed by atoms with Crippen LogP contribution < -0.4 is 11.1 Å². The van der Waals surface area contributed by atoms with Gasteiger partial charge in [0.05, 0.1) is 12.1 Å². The van der Waals surface area contributed by atoms with Crippen LogP contribution in [0, 0.1) is 5.92 Å². The molecule has 0 spiro atoms. The van der Waals surface area contributed by atoms with E-state index in [1.165, 1.54) is 0 Å². The first-order chi connectivity index (χ1) is 9.65. The molecular formula is C16H22N2O2. The quantitative estimate of drug-likeness (QED) is 0.760. The second-order valence-electron chi connectivity index (χ2n) is 6.08. The first-order valence-electron chi connectivity index (χ1n) is 7.47. The molecule has 4 heteroatoms. The van der Waals surface area contributed by atoms with E-state index in [0.29, 0.717) is 6.42 Å². The maximum absolute atomic E-state index is 12.4. The second kappa shape index (κ2) is 5.54. The maximum atomic E-state index is 12.4. The molecule has 1 saturated carbocycles. The van der Waals surface area contributed by atoms with Gasteiger partial charge in [-0.05, 0) is 30.4 Å². The molecule has 1 aromatic rings. The molecule has 0 saturated heterocycles. The Labute approximate surface area is 119 Å². The lowest BCUT2D eigenvalue weighted by molar-refractivity contribution is -0.127. The number of nitrogens with one attached hydrogen (secondary N) is 1. The molecule has 4 N–H and O–H groups in total. The number of rotatable bonds is 2. The van der Waals surface area contributed by atoms with Crippen molar-refractivity contribution in [3.63, 3.8) is 0 Å². The summed E-state index contributed by atoms with van der Waals surface area (Å²) in [5, 5.41) is 13.2. The van der Waals surface area contributed by atoms with E-state index in [-0.39, 0.29) is 23.9 Å². The molecule has 4 nitrogen and oxygen atoms in total. The third-order valence-electron chi connectivity index (χ3n) is 4.59. The van der Waals surface area contributed by atoms with Crippen LogP contribution in [0.25, 0.3) is 0 Å². The fraction of sp³-hybridized carbons (Fsp3) is 0.562. The molecule has 4 atom stereocenters. The number of fused-ring (bicyclic) bond motifs is 1. The average Bonchev–Trinajstić information content (AvgIpc) is 2.75. The Bertz CT molecular complexity index is 503. The molecule has 1 aromatic carbocycles. The van der Waals surface area contributed by atoms with Gasteiger partial charge >= 0.3 is 0 Å². The van der Waals surface area contributed by atoms with Crippen LogP contribution in [-0.2, 0) is 11.2 Å². The van der Waals surface area contributed by atoms with Gasteiger partial charge in [-0.3, -0.25) is 4.79 Å². The van der Waals surface area contributed by atoms with Crippen molar-refractivity contribution in [1.82, 2.24) is 5.32 Å². The van der Waals surface area contributed by atoms with Crippen LogP contribution in [0.1, 0.15) is 42.9 Å². The average molecular weight is 274 g/mol. The maximum Gasteiger partial charge on any atom is 0.223 e. The van der Waals surface area contributed by atoms with Gasteiger partial charge in [0.2, 0.25) is 5.91 Å². The van der Waals surface area contributed by atoms with Gasteiger partial charge in [-0.25, -0.2) is 0 Å². The Hall–Kier alpha value is -1.39. The van der Waals surface area contributed by atoms with E-state index >= 15 is 0 Å². The summed E-state index contributed by atoms with van der Waals surface area (Å²) >= 11 is 0. The zero-order chi connectivity index (χ0) is 14.1. The molecule has 1 amide bonds. The molecule has 0 aliphatic heterocycles. The molecule has 108 valence electrons. The van der Waals surface area contributed by atoms with E-state index in [0.717, 1.165) is 36.8 Å². The topological polar surface area (TPSA) is 75.4 Å². The minimum absolute atomic E-state index is 0.00119. The minimum Gasteiger partial charge on any atom is -0.390 e. The predicted octanol–water partition coefficient (Wildman–Crippen LogP) is 1.28. The number of carbonyl (C=O) groups is 1. The molecule has 0 aromatic heterocycles. The molecule has 2 aliphatic rings. The number of hydrogen-bond donors (Lipinski definition) is 3. The van der Waals surface area contributed by atoms with Gasteiger partial charge in [-0.2, -0.15) is 0 Å². The van der Waals surface area contributed by atoms with Crippen molar-refractivity contribution in [2.45, 2.75) is 50.3 Å². The van der Waals surface area contributed by atoms with E-state index in [1.807, 2.05) is 24.3 Å². The summed E-state index contributed by atoms with van der Waals surface area (Å²) in [6, 6.07) is 7.80. The Morgan fingerprint density at radius 2 is 2.10 bits per heavy atom. The van der Waals surface area contributed by atoms with E-state index in [4.69, 9.17) is 5.73 Å². The summed E-state index contributed by atoms with van der Waals surface area (Å²) < 4.78 is 0. The van der Waals surface area contributed by atoms with E-state index in [9.17, 15) is 9.90 Å². The lowest BCUT2D eigenvalue weighted by atomic mass is 9.85. The zero-order valence-electron chi connectivity index (χ0n) is 11.6. The molecular weight excluding hydrogens is 252 g/mol. The van der Waals surface area contributed by atoms with E-state index in [1.54, 1.807) is 0 Å². The fourth-order valence-electron chi connectivity index (χ4n) is 3.48. The number of aliphatic hydroxyl groups is 1. The minimum atomic E-state index is -0.520. The van der Waals surface area contributed by atoms with Gasteiger partial charge in [0.25, 0.3) is 0 Å². The van der Waals surface area contributed by atoms with Gasteiger partial charge in [0.15, 0.2) is 0 Å². The SMILES string of the molecule is NC1CCCC(C(=O)N[C@@H]2c3ccccc3C[C@@H]2O)C1. The van der Waals surface area contributed by atoms with Gasteiger partial charge in [-0.1, -0.05) is 30.7 Å². The number of benzene rings is 1. The van der Waals surface area contributed by atoms with Crippen LogP contribution in [0.4, 0.5) is 0 Å². The van der Waals surface area contributed by atoms with Gasteiger partial charge in [-0.15, -0.1) is 0 Å². The van der Waals surface area contributed by atoms with Crippen LogP contribution in [0.2, 0.25) is 0 Å². The molecule has 20 heavy (non-hydrogen) atoms. The summed E-state index contributed by atoms with van der Waals surface area (Å²) in [4.78, 5) is 12.4. The highest BCUT2D eigenvalue weighted by molar-refractivity contribution is 5.79. The molecule has 3 rings (SSSR count). The fourth-order valence-corrected chi connectivity index (χ4v) is 3.48. The first kappa shape index (κ1) is 13.6. The van der Waals surface area contributed by atoms with E-state index < -0.39 is 6.10 Å². The summed E-state index contributed by atoms with van der Waals surface area (Å²) in [7, 11) is 0. The van der Waals surface area contributed by atoms with Gasteiger partial charge in [0.1, 0.15) is 0 Å². The normalized spacial score (nSPS) is 32.7. The van der Waals surface area contributed by atoms with Gasteiger partial charge < -0.3 is 16.2 Å². The Morgan fingerprint density at radius 3 is 2.90 bits per heavy atom. The highest BCUT2D eigenvalue weighted by Gasteiger charge is 2.34. The number of aliphatic hydroxyl groups excluding tert-OH is 1. The third-order valence-corrected chi connectivity index (χ3v) is 4.59. The lowest BCUT2D eigenvalue weighted by Crippen LogP contribution is -2.41. The second-order valence-corrected chi connectivity index (χ2v) is 6.08. The zero-order valence-corrected chi connectivity index (χ0v) is 11.6. The van der Waals surface area contributed by atoms with E-state index in [2.05, 4.69) is 5.32 Å². The van der Waals surface area contributed by atoms with Crippen molar-refractivity contribution >= 4 is 5.91 Å². The summed E-state index contributed by atoms with van der Waals surface area (Å²) in [6.45, 7) is 0. The summed E-state index contributed by atoms with van der Waals surface area (Å²) in [5.41, 5.74) is 8.13. The van der Waals surface area contributed by atoms with Crippen molar-refractivity contribution in [1.29, 1.82) is 0 Å². The number of carbonyl (C=O) groups excluding carboxylic acids is 1. The van der Waals surface area contributed by atoms with Crippen LogP contribution in [0.5, 0.6) is 0 Å². The largest absolute Gasteiger partial charge is 0.390 e. The Balaban J connectivity index is 1.70. The molecule has 2 unspecified atom stereocenters. The monoisotopic (exact) mass is 274 g/mol. The number of nitrogens with two attached hydrogens (primary N) is 1. The first-order valence-corrected chi connectivity index (χ1v) is 7.47. The van der Waals surface area contributed by atoms with Crippen LogP contribution in [0.3, 0.4) is 0 Å². The van der Waals surface area contributed by atoms with Crippen molar-refractivity contribution in [2.24, 2.45) is 11.7 Å². The van der Waals surface area contributed by atoms with Crippen LogP contribution >= 0.6 is 0 Å². The number of amides is 1. The van der Waals surface area contributed by atoms with Crippen molar-refractivity contribution < 1.29 is 9.90 Å². The molecule has 1 fully saturated rings. The number of hydrogen-bond acceptors (Lipinski definition) is 3. The molecule has 2 aliphatic carbocycles. The van der Waals surface area contributed by atoms with Crippen LogP contribution in [0.15, 0.2) is 24.3 Å². The van der Waals surface area contributed by atoms with Crippen molar-refractivity contribution in [2.75, 3.05) is 0 Å². The highest BCUT2D eigenvalue weighted by Crippen LogP contribution is 2.32. The Kier molecular flexibility index (Phi) is 3.76. The molecule has 0 bridgehead atoms.